The zero-order chi connectivity index (χ0) is 8.39. The number of hydrogen-bond donors (Lipinski definition) is 0. The number of rotatable bonds is 1. The molecule has 0 saturated carbocycles. The van der Waals surface area contributed by atoms with Gasteiger partial charge < -0.3 is 0 Å². The molecule has 0 amide bonds. The summed E-state index contributed by atoms with van der Waals surface area (Å²) in [5.41, 5.74) is 2.63. The van der Waals surface area contributed by atoms with Crippen LogP contribution in [0.2, 0.25) is 0 Å². The third-order valence-electron chi connectivity index (χ3n) is 1.81. The molecule has 2 aromatic rings. The van der Waals surface area contributed by atoms with Crippen LogP contribution in [0.4, 0.5) is 0 Å². The Balaban J connectivity index is 2.55. The number of aromatic nitrogens is 1. The van der Waals surface area contributed by atoms with Gasteiger partial charge in [0.25, 0.3) is 0 Å². The van der Waals surface area contributed by atoms with Gasteiger partial charge in [0.1, 0.15) is 0 Å². The van der Waals surface area contributed by atoms with Crippen molar-refractivity contribution < 1.29 is 0 Å². The molecule has 12 heavy (non-hydrogen) atoms. The Kier molecular flexibility index (Phi) is 2.11. The molecule has 0 atom stereocenters. The molecule has 2 heteroatoms. The van der Waals surface area contributed by atoms with E-state index in [0.29, 0.717) is 14.5 Å². The van der Waals surface area contributed by atoms with Crippen molar-refractivity contribution in [3.8, 4) is 10.1 Å². The molecule has 0 saturated heterocycles. The van der Waals surface area contributed by atoms with Gasteiger partial charge in [-0.05, 0) is 0 Å². The van der Waals surface area contributed by atoms with E-state index in [1.54, 1.807) is 0 Å². The van der Waals surface area contributed by atoms with E-state index in [1.807, 2.05) is 6.20 Å². The molecule has 1 aromatic heterocycles. The normalized spacial score (nSPS) is 10.1. The van der Waals surface area contributed by atoms with Crippen LogP contribution in [-0.4, -0.2) is 19.5 Å². The maximum atomic E-state index is 4.33. The van der Waals surface area contributed by atoms with E-state index in [9.17, 15) is 0 Å². The molecule has 0 spiro atoms. The summed E-state index contributed by atoms with van der Waals surface area (Å²) in [4.78, 5) is 6.48. The number of nitrogens with zero attached hydrogens (tertiary/aromatic N) is 1. The van der Waals surface area contributed by atoms with E-state index in [1.165, 1.54) is 15.7 Å². The molecule has 0 aliphatic rings. The Labute approximate surface area is 77.8 Å². The van der Waals surface area contributed by atoms with E-state index >= 15 is 0 Å². The predicted molar refractivity (Wildman–Crippen MR) is 51.4 cm³/mol. The summed E-state index contributed by atoms with van der Waals surface area (Å²) in [6.45, 7) is 2.13. The van der Waals surface area contributed by atoms with Gasteiger partial charge >= 0.3 is 77.5 Å². The van der Waals surface area contributed by atoms with Crippen LogP contribution in [0.5, 0.6) is 0 Å². The molecule has 0 bridgehead atoms. The first-order valence-electron chi connectivity index (χ1n) is 3.83. The fourth-order valence-electron chi connectivity index (χ4n) is 1.17. The first-order valence-corrected chi connectivity index (χ1v) is 5.68. The average Bonchev–Trinajstić information content (AvgIpc) is 2.57. The summed E-state index contributed by atoms with van der Waals surface area (Å²) in [7, 11) is 0. The molecule has 0 aliphatic heterocycles. The van der Waals surface area contributed by atoms with Crippen LogP contribution in [0.1, 0.15) is 5.56 Å². The summed E-state index contributed by atoms with van der Waals surface area (Å²) in [5.74, 6) is 0. The minimum atomic E-state index is 0.451. The van der Waals surface area contributed by atoms with Gasteiger partial charge in [-0.1, -0.05) is 0 Å². The zero-order valence-corrected chi connectivity index (χ0v) is 8.53. The third kappa shape index (κ3) is 1.36. The first-order chi connectivity index (χ1) is 5.88. The van der Waals surface area contributed by atoms with Crippen molar-refractivity contribution in [1.82, 2.24) is 4.98 Å². The second-order valence-corrected chi connectivity index (χ2v) is 4.53. The van der Waals surface area contributed by atoms with Crippen molar-refractivity contribution in [3.63, 3.8) is 0 Å². The summed E-state index contributed by atoms with van der Waals surface area (Å²) in [5, 5.41) is 0. The Bertz CT molecular complexity index is 365. The Morgan fingerprint density at radius 3 is 2.75 bits per heavy atom. The molecule has 0 unspecified atom stereocenters. The fourth-order valence-corrected chi connectivity index (χ4v) is 2.70. The van der Waals surface area contributed by atoms with Crippen molar-refractivity contribution in [2.75, 3.05) is 0 Å². The van der Waals surface area contributed by atoms with Gasteiger partial charge in [0.15, 0.2) is 0 Å². The van der Waals surface area contributed by atoms with Crippen molar-refractivity contribution in [1.29, 1.82) is 0 Å². The van der Waals surface area contributed by atoms with E-state index < -0.39 is 0 Å². The van der Waals surface area contributed by atoms with Gasteiger partial charge in [-0.15, -0.1) is 0 Å². The van der Waals surface area contributed by atoms with Crippen LogP contribution in [0.3, 0.4) is 0 Å². The van der Waals surface area contributed by atoms with E-state index in [2.05, 4.69) is 41.1 Å². The molecule has 1 heterocycles. The summed E-state index contributed by atoms with van der Waals surface area (Å²) in [6, 6.07) is 8.41. The standard InChI is InChI=1S/C10H9NSe/c1-8-4-2-3-5-9(8)10-11-6-7-12-10/h2-7H,1H3. The maximum absolute atomic E-state index is 4.33. The summed E-state index contributed by atoms with van der Waals surface area (Å²) >= 11 is 0.451. The van der Waals surface area contributed by atoms with Gasteiger partial charge in [-0.3, -0.25) is 0 Å². The van der Waals surface area contributed by atoms with Crippen molar-refractivity contribution in [2.24, 2.45) is 0 Å². The summed E-state index contributed by atoms with van der Waals surface area (Å²) in [6.07, 6.45) is 1.90. The molecular formula is C10H9NSe. The molecule has 0 radical (unpaired) electrons. The molecule has 0 aliphatic carbocycles. The number of hydrogen-bond acceptors (Lipinski definition) is 1. The van der Waals surface area contributed by atoms with Crippen molar-refractivity contribution in [2.45, 2.75) is 6.92 Å². The SMILES string of the molecule is Cc1ccccc1-c1ncc[se]1. The van der Waals surface area contributed by atoms with E-state index in [4.69, 9.17) is 0 Å². The van der Waals surface area contributed by atoms with Crippen LogP contribution in [0.25, 0.3) is 10.1 Å². The first kappa shape index (κ1) is 7.78. The van der Waals surface area contributed by atoms with Crippen molar-refractivity contribution in [3.05, 3.63) is 41.0 Å². The second kappa shape index (κ2) is 3.26. The molecule has 0 N–H and O–H groups in total. The summed E-state index contributed by atoms with van der Waals surface area (Å²) < 4.78 is 1.25. The molecule has 1 nitrogen and oxygen atoms in total. The second-order valence-electron chi connectivity index (χ2n) is 2.65. The van der Waals surface area contributed by atoms with Crippen LogP contribution in [0, 0.1) is 6.92 Å². The molecule has 0 fully saturated rings. The Hall–Kier alpha value is -0.851. The van der Waals surface area contributed by atoms with Crippen molar-refractivity contribution >= 4 is 14.5 Å². The minimum absolute atomic E-state index is 0.451. The third-order valence-corrected chi connectivity index (χ3v) is 3.50. The van der Waals surface area contributed by atoms with E-state index in [0.717, 1.165) is 0 Å². The predicted octanol–water partition coefficient (Wildman–Crippen LogP) is 2.11. The molecule has 2 rings (SSSR count). The quantitative estimate of drug-likeness (QED) is 0.673. The number of benzene rings is 1. The van der Waals surface area contributed by atoms with Crippen LogP contribution < -0.4 is 0 Å². The van der Waals surface area contributed by atoms with Crippen LogP contribution >= 0.6 is 0 Å². The van der Waals surface area contributed by atoms with Gasteiger partial charge in [-0.25, -0.2) is 0 Å². The van der Waals surface area contributed by atoms with Gasteiger partial charge in [0.05, 0.1) is 0 Å². The van der Waals surface area contributed by atoms with Gasteiger partial charge in [0.2, 0.25) is 0 Å². The Morgan fingerprint density at radius 1 is 1.25 bits per heavy atom. The average molecular weight is 222 g/mol. The van der Waals surface area contributed by atoms with Gasteiger partial charge in [-0.2, -0.15) is 0 Å². The topological polar surface area (TPSA) is 12.9 Å². The Morgan fingerprint density at radius 2 is 2.08 bits per heavy atom. The number of aryl methyl sites for hydroxylation is 1. The molecule has 1 aromatic carbocycles. The molecule has 60 valence electrons. The van der Waals surface area contributed by atoms with Crippen LogP contribution in [-0.2, 0) is 0 Å². The fraction of sp³-hybridized carbons (Fsp3) is 0.100. The van der Waals surface area contributed by atoms with Gasteiger partial charge in [0, 0.05) is 0 Å². The monoisotopic (exact) mass is 223 g/mol. The van der Waals surface area contributed by atoms with Crippen LogP contribution in [0.15, 0.2) is 35.4 Å². The molecular weight excluding hydrogens is 213 g/mol. The zero-order valence-electron chi connectivity index (χ0n) is 6.82. The van der Waals surface area contributed by atoms with E-state index in [-0.39, 0.29) is 0 Å².